The van der Waals surface area contributed by atoms with Gasteiger partial charge in [-0.1, -0.05) is 13.8 Å². The van der Waals surface area contributed by atoms with Crippen molar-refractivity contribution in [1.29, 1.82) is 0 Å². The first kappa shape index (κ1) is 8.90. The van der Waals surface area contributed by atoms with Crippen molar-refractivity contribution in [3.63, 3.8) is 0 Å². The lowest BCUT2D eigenvalue weighted by Crippen LogP contribution is -2.11. The maximum atomic E-state index is 5.71. The van der Waals surface area contributed by atoms with Crippen molar-refractivity contribution in [2.45, 2.75) is 32.7 Å². The first-order valence-electron chi connectivity index (χ1n) is 4.29. The summed E-state index contributed by atoms with van der Waals surface area (Å²) in [6, 6.07) is 2.07. The summed E-state index contributed by atoms with van der Waals surface area (Å²) in [4.78, 5) is 0. The molecule has 0 spiro atoms. The van der Waals surface area contributed by atoms with Gasteiger partial charge in [0.1, 0.15) is 11.6 Å². The molecule has 0 saturated carbocycles. The predicted molar refractivity (Wildman–Crippen MR) is 50.7 cm³/mol. The van der Waals surface area contributed by atoms with Gasteiger partial charge in [0.05, 0.1) is 6.04 Å². The molecular weight excluding hydrogens is 152 g/mol. The third kappa shape index (κ3) is 1.52. The van der Waals surface area contributed by atoms with E-state index in [2.05, 4.69) is 18.9 Å². The molecule has 1 rings (SSSR count). The number of anilines is 2. The summed E-state index contributed by atoms with van der Waals surface area (Å²) in [7, 11) is 0. The summed E-state index contributed by atoms with van der Waals surface area (Å²) < 4.78 is 1.80. The van der Waals surface area contributed by atoms with Crippen LogP contribution in [0.2, 0.25) is 0 Å². The monoisotopic (exact) mass is 168 g/mol. The molecule has 0 aliphatic carbocycles. The number of nitrogens with two attached hydrogens (primary N) is 2. The third-order valence-corrected chi connectivity index (χ3v) is 2.07. The summed E-state index contributed by atoms with van der Waals surface area (Å²) in [5, 5.41) is 4.12. The standard InChI is InChI=1S/C8H16N4/c1-3-6(4-2)12-8(10)5-7(9)11-12/h5-6H,3-4,10H2,1-2H3,(H2,9,11). The molecule has 0 atom stereocenters. The minimum Gasteiger partial charge on any atom is -0.384 e. The van der Waals surface area contributed by atoms with E-state index >= 15 is 0 Å². The van der Waals surface area contributed by atoms with Gasteiger partial charge in [0.25, 0.3) is 0 Å². The highest BCUT2D eigenvalue weighted by Gasteiger charge is 2.10. The minimum absolute atomic E-state index is 0.377. The van der Waals surface area contributed by atoms with E-state index < -0.39 is 0 Å². The Morgan fingerprint density at radius 3 is 2.33 bits per heavy atom. The van der Waals surface area contributed by atoms with Crippen LogP contribution in [0.1, 0.15) is 32.7 Å². The van der Waals surface area contributed by atoms with Gasteiger partial charge in [0, 0.05) is 6.07 Å². The minimum atomic E-state index is 0.377. The SMILES string of the molecule is CCC(CC)n1nc(N)cc1N. The number of rotatable bonds is 3. The fourth-order valence-corrected chi connectivity index (χ4v) is 1.36. The Hall–Kier alpha value is -1.19. The van der Waals surface area contributed by atoms with Crippen LogP contribution in [0, 0.1) is 0 Å². The molecule has 0 fully saturated rings. The van der Waals surface area contributed by atoms with Gasteiger partial charge in [-0.2, -0.15) is 5.10 Å². The molecule has 4 N–H and O–H groups in total. The molecule has 4 nitrogen and oxygen atoms in total. The maximum absolute atomic E-state index is 5.71. The highest BCUT2D eigenvalue weighted by atomic mass is 15.3. The number of hydrogen-bond acceptors (Lipinski definition) is 3. The Kier molecular flexibility index (Phi) is 2.58. The van der Waals surface area contributed by atoms with Crippen LogP contribution in [0.5, 0.6) is 0 Å². The highest BCUT2D eigenvalue weighted by molar-refractivity contribution is 5.42. The fraction of sp³-hybridized carbons (Fsp3) is 0.625. The zero-order chi connectivity index (χ0) is 9.14. The second-order valence-corrected chi connectivity index (χ2v) is 2.91. The van der Waals surface area contributed by atoms with Crippen LogP contribution >= 0.6 is 0 Å². The van der Waals surface area contributed by atoms with Crippen molar-refractivity contribution < 1.29 is 0 Å². The van der Waals surface area contributed by atoms with E-state index in [1.165, 1.54) is 0 Å². The van der Waals surface area contributed by atoms with E-state index in [4.69, 9.17) is 11.5 Å². The van der Waals surface area contributed by atoms with Gasteiger partial charge >= 0.3 is 0 Å². The van der Waals surface area contributed by atoms with Crippen LogP contribution in [-0.4, -0.2) is 9.78 Å². The quantitative estimate of drug-likeness (QED) is 0.716. The lowest BCUT2D eigenvalue weighted by Gasteiger charge is -2.13. The maximum Gasteiger partial charge on any atom is 0.147 e. The van der Waals surface area contributed by atoms with Crippen molar-refractivity contribution in [3.05, 3.63) is 6.07 Å². The second-order valence-electron chi connectivity index (χ2n) is 2.91. The molecule has 4 heteroatoms. The van der Waals surface area contributed by atoms with Crippen molar-refractivity contribution >= 4 is 11.6 Å². The summed E-state index contributed by atoms with van der Waals surface area (Å²) in [5.41, 5.74) is 11.2. The molecule has 0 aromatic carbocycles. The van der Waals surface area contributed by atoms with Crippen molar-refractivity contribution in [3.8, 4) is 0 Å². The van der Waals surface area contributed by atoms with Crippen LogP contribution in [0.3, 0.4) is 0 Å². The lowest BCUT2D eigenvalue weighted by atomic mass is 10.2. The van der Waals surface area contributed by atoms with Crippen LogP contribution in [0.15, 0.2) is 6.07 Å². The highest BCUT2D eigenvalue weighted by Crippen LogP contribution is 2.20. The van der Waals surface area contributed by atoms with E-state index in [0.29, 0.717) is 17.7 Å². The predicted octanol–water partition coefficient (Wildman–Crippen LogP) is 1.41. The van der Waals surface area contributed by atoms with Crippen LogP contribution < -0.4 is 11.5 Å². The topological polar surface area (TPSA) is 69.9 Å². The molecule has 12 heavy (non-hydrogen) atoms. The third-order valence-electron chi connectivity index (χ3n) is 2.07. The van der Waals surface area contributed by atoms with Gasteiger partial charge in [-0.3, -0.25) is 0 Å². The average molecular weight is 168 g/mol. The first-order valence-corrected chi connectivity index (χ1v) is 4.29. The van der Waals surface area contributed by atoms with Gasteiger partial charge in [0.15, 0.2) is 0 Å². The van der Waals surface area contributed by atoms with Crippen LogP contribution in [0.4, 0.5) is 11.6 Å². The molecule has 0 aliphatic heterocycles. The smallest absolute Gasteiger partial charge is 0.147 e. The van der Waals surface area contributed by atoms with Crippen molar-refractivity contribution in [1.82, 2.24) is 9.78 Å². The van der Waals surface area contributed by atoms with Gasteiger partial charge in [-0.25, -0.2) is 4.68 Å². The molecule has 1 aromatic rings. The zero-order valence-corrected chi connectivity index (χ0v) is 7.62. The van der Waals surface area contributed by atoms with Crippen LogP contribution in [-0.2, 0) is 0 Å². The number of aromatic nitrogens is 2. The second kappa shape index (κ2) is 3.47. The van der Waals surface area contributed by atoms with Gasteiger partial charge in [0.2, 0.25) is 0 Å². The Bertz CT molecular complexity index is 250. The number of hydrogen-bond donors (Lipinski definition) is 2. The Balaban J connectivity index is 2.91. The summed E-state index contributed by atoms with van der Waals surface area (Å²) in [6.07, 6.45) is 2.06. The molecule has 0 amide bonds. The van der Waals surface area contributed by atoms with Gasteiger partial charge in [-0.15, -0.1) is 0 Å². The fourth-order valence-electron chi connectivity index (χ4n) is 1.36. The number of nitrogen functional groups attached to an aromatic ring is 2. The Morgan fingerprint density at radius 1 is 1.42 bits per heavy atom. The normalized spacial score (nSPS) is 10.9. The van der Waals surface area contributed by atoms with Crippen molar-refractivity contribution in [2.75, 3.05) is 11.5 Å². The lowest BCUT2D eigenvalue weighted by molar-refractivity contribution is 0.436. The average Bonchev–Trinajstić information content (AvgIpc) is 2.34. The molecule has 0 radical (unpaired) electrons. The first-order chi connectivity index (χ1) is 5.69. The Morgan fingerprint density at radius 2 is 2.00 bits per heavy atom. The summed E-state index contributed by atoms with van der Waals surface area (Å²) >= 11 is 0. The van der Waals surface area contributed by atoms with E-state index in [1.54, 1.807) is 10.7 Å². The van der Waals surface area contributed by atoms with Crippen molar-refractivity contribution in [2.24, 2.45) is 0 Å². The molecule has 0 aliphatic rings. The molecule has 0 unspecified atom stereocenters. The zero-order valence-electron chi connectivity index (χ0n) is 7.62. The molecule has 1 heterocycles. The summed E-state index contributed by atoms with van der Waals surface area (Å²) in [5.74, 6) is 1.15. The molecule has 1 aromatic heterocycles. The largest absolute Gasteiger partial charge is 0.384 e. The van der Waals surface area contributed by atoms with E-state index in [1.807, 2.05) is 0 Å². The van der Waals surface area contributed by atoms with E-state index in [9.17, 15) is 0 Å². The summed E-state index contributed by atoms with van der Waals surface area (Å²) in [6.45, 7) is 4.23. The van der Waals surface area contributed by atoms with Gasteiger partial charge in [-0.05, 0) is 12.8 Å². The Labute approximate surface area is 72.5 Å². The van der Waals surface area contributed by atoms with Crippen LogP contribution in [0.25, 0.3) is 0 Å². The van der Waals surface area contributed by atoms with E-state index in [-0.39, 0.29) is 0 Å². The molecule has 0 saturated heterocycles. The number of nitrogens with zero attached hydrogens (tertiary/aromatic N) is 2. The molecule has 0 bridgehead atoms. The van der Waals surface area contributed by atoms with Gasteiger partial charge < -0.3 is 11.5 Å². The van der Waals surface area contributed by atoms with E-state index in [0.717, 1.165) is 12.8 Å². The molecule has 68 valence electrons. The molecular formula is C8H16N4.